The first-order valence-electron chi connectivity index (χ1n) is 6.82. The minimum absolute atomic E-state index is 0.224. The third-order valence-corrected chi connectivity index (χ3v) is 3.39. The minimum Gasteiger partial charge on any atom is -0.465 e. The number of carbonyl (C=O) groups excluding carboxylic acids is 1. The Morgan fingerprint density at radius 3 is 2.36 bits per heavy atom. The number of esters is 1. The van der Waals surface area contributed by atoms with Crippen molar-refractivity contribution in [2.75, 3.05) is 19.0 Å². The summed E-state index contributed by atoms with van der Waals surface area (Å²) in [5.41, 5.74) is 1.08. The van der Waals surface area contributed by atoms with Crippen LogP contribution in [-0.2, 0) is 10.2 Å². The summed E-state index contributed by atoms with van der Waals surface area (Å²) >= 11 is 0. The topological polar surface area (TPSA) is 64.1 Å². The Kier molecular flexibility index (Phi) is 4.70. The van der Waals surface area contributed by atoms with Crippen LogP contribution in [0, 0.1) is 5.82 Å². The number of carbonyl (C=O) groups is 1. The van der Waals surface area contributed by atoms with Crippen LogP contribution in [0.15, 0.2) is 36.7 Å². The zero-order valence-electron chi connectivity index (χ0n) is 12.8. The lowest BCUT2D eigenvalue weighted by Gasteiger charge is -2.25. The zero-order valence-corrected chi connectivity index (χ0v) is 12.8. The molecule has 6 heteroatoms. The Balaban J connectivity index is 2.02. The Bertz CT molecular complexity index is 639. The zero-order chi connectivity index (χ0) is 16.2. The van der Waals surface area contributed by atoms with Crippen molar-refractivity contribution in [3.8, 4) is 0 Å². The highest BCUT2D eigenvalue weighted by Crippen LogP contribution is 2.23. The van der Waals surface area contributed by atoms with E-state index in [-0.39, 0.29) is 11.2 Å². The fourth-order valence-electron chi connectivity index (χ4n) is 1.95. The molecule has 0 radical (unpaired) electrons. The molecule has 2 aromatic rings. The number of aromatic nitrogens is 2. The molecule has 1 aromatic heterocycles. The van der Waals surface area contributed by atoms with Gasteiger partial charge in [0.1, 0.15) is 5.82 Å². The van der Waals surface area contributed by atoms with E-state index in [1.165, 1.54) is 31.6 Å². The molecule has 0 atom stereocenters. The molecule has 0 aliphatic carbocycles. The summed E-state index contributed by atoms with van der Waals surface area (Å²) < 4.78 is 17.6. The molecule has 0 aliphatic rings. The van der Waals surface area contributed by atoms with E-state index in [0.29, 0.717) is 18.1 Å². The summed E-state index contributed by atoms with van der Waals surface area (Å²) in [6.07, 6.45) is 2.82. The van der Waals surface area contributed by atoms with Gasteiger partial charge in [-0.1, -0.05) is 26.0 Å². The molecule has 1 N–H and O–H groups in total. The van der Waals surface area contributed by atoms with Crippen molar-refractivity contribution >= 4 is 11.9 Å². The summed E-state index contributed by atoms with van der Waals surface area (Å²) in [6.45, 7) is 4.64. The van der Waals surface area contributed by atoms with Gasteiger partial charge in [0.15, 0.2) is 0 Å². The SMILES string of the molecule is COC(=O)c1cnc(NCC(C)(C)c2ccc(F)cc2)nc1. The largest absolute Gasteiger partial charge is 0.465 e. The van der Waals surface area contributed by atoms with Crippen molar-refractivity contribution in [3.63, 3.8) is 0 Å². The van der Waals surface area contributed by atoms with Gasteiger partial charge in [0.05, 0.1) is 12.7 Å². The second-order valence-electron chi connectivity index (χ2n) is 5.53. The van der Waals surface area contributed by atoms with Crippen LogP contribution in [0.4, 0.5) is 10.3 Å². The first kappa shape index (κ1) is 15.9. The van der Waals surface area contributed by atoms with E-state index in [1.54, 1.807) is 12.1 Å². The molecule has 0 spiro atoms. The van der Waals surface area contributed by atoms with E-state index in [4.69, 9.17) is 0 Å². The van der Waals surface area contributed by atoms with Crippen LogP contribution in [0.5, 0.6) is 0 Å². The van der Waals surface area contributed by atoms with Crippen molar-refractivity contribution in [3.05, 3.63) is 53.6 Å². The number of ether oxygens (including phenoxy) is 1. The average Bonchev–Trinajstić information content (AvgIpc) is 2.53. The van der Waals surface area contributed by atoms with E-state index >= 15 is 0 Å². The maximum Gasteiger partial charge on any atom is 0.341 e. The number of nitrogens with zero attached hydrogens (tertiary/aromatic N) is 2. The molecular weight excluding hydrogens is 285 g/mol. The van der Waals surface area contributed by atoms with E-state index < -0.39 is 5.97 Å². The molecule has 2 rings (SSSR count). The molecule has 0 bridgehead atoms. The predicted octanol–water partition coefficient (Wildman–Crippen LogP) is 2.79. The fourth-order valence-corrected chi connectivity index (χ4v) is 1.95. The number of hydrogen-bond acceptors (Lipinski definition) is 5. The van der Waals surface area contributed by atoms with Gasteiger partial charge in [-0.2, -0.15) is 0 Å². The molecule has 5 nitrogen and oxygen atoms in total. The highest BCUT2D eigenvalue weighted by Gasteiger charge is 2.20. The molecule has 0 unspecified atom stereocenters. The summed E-state index contributed by atoms with van der Waals surface area (Å²) in [5, 5.41) is 3.11. The lowest BCUT2D eigenvalue weighted by molar-refractivity contribution is 0.0600. The van der Waals surface area contributed by atoms with Gasteiger partial charge in [0, 0.05) is 24.4 Å². The maximum atomic E-state index is 13.0. The smallest absolute Gasteiger partial charge is 0.341 e. The number of nitrogens with one attached hydrogen (secondary N) is 1. The standard InChI is InChI=1S/C16H18FN3O2/c1-16(2,12-4-6-13(17)7-5-12)10-20-15-18-8-11(9-19-15)14(21)22-3/h4-9H,10H2,1-3H3,(H,18,19,20). The molecule has 0 amide bonds. The number of anilines is 1. The van der Waals surface area contributed by atoms with Crippen molar-refractivity contribution < 1.29 is 13.9 Å². The van der Waals surface area contributed by atoms with Gasteiger partial charge in [0.2, 0.25) is 5.95 Å². The third kappa shape index (κ3) is 3.78. The van der Waals surface area contributed by atoms with Crippen LogP contribution in [0.25, 0.3) is 0 Å². The van der Waals surface area contributed by atoms with E-state index in [2.05, 4.69) is 20.0 Å². The second-order valence-corrected chi connectivity index (χ2v) is 5.53. The van der Waals surface area contributed by atoms with Crippen LogP contribution < -0.4 is 5.32 Å². The first-order valence-corrected chi connectivity index (χ1v) is 6.82. The summed E-state index contributed by atoms with van der Waals surface area (Å²) in [6, 6.07) is 6.41. The van der Waals surface area contributed by atoms with Gasteiger partial charge >= 0.3 is 5.97 Å². The molecule has 22 heavy (non-hydrogen) atoms. The Labute approximate surface area is 128 Å². The molecule has 0 fully saturated rings. The molecule has 1 heterocycles. The Morgan fingerprint density at radius 1 is 1.23 bits per heavy atom. The minimum atomic E-state index is -0.474. The summed E-state index contributed by atoms with van der Waals surface area (Å²) in [7, 11) is 1.31. The van der Waals surface area contributed by atoms with E-state index in [0.717, 1.165) is 5.56 Å². The predicted molar refractivity (Wildman–Crippen MR) is 81.3 cm³/mol. The van der Waals surface area contributed by atoms with Crippen LogP contribution >= 0.6 is 0 Å². The van der Waals surface area contributed by atoms with Gasteiger partial charge in [-0.25, -0.2) is 19.2 Å². The van der Waals surface area contributed by atoms with Gasteiger partial charge in [0.25, 0.3) is 0 Å². The highest BCUT2D eigenvalue weighted by atomic mass is 19.1. The molecule has 0 saturated carbocycles. The van der Waals surface area contributed by atoms with Crippen molar-refractivity contribution in [2.45, 2.75) is 19.3 Å². The van der Waals surface area contributed by atoms with Crippen molar-refractivity contribution in [2.24, 2.45) is 0 Å². The maximum absolute atomic E-state index is 13.0. The number of halogens is 1. The van der Waals surface area contributed by atoms with Crippen molar-refractivity contribution in [1.82, 2.24) is 9.97 Å². The molecular formula is C16H18FN3O2. The van der Waals surface area contributed by atoms with Gasteiger partial charge in [-0.15, -0.1) is 0 Å². The normalized spacial score (nSPS) is 11.1. The lowest BCUT2D eigenvalue weighted by atomic mass is 9.84. The van der Waals surface area contributed by atoms with Crippen LogP contribution in [0.1, 0.15) is 29.8 Å². The Hall–Kier alpha value is -2.50. The van der Waals surface area contributed by atoms with Crippen LogP contribution in [0.3, 0.4) is 0 Å². The van der Waals surface area contributed by atoms with Gasteiger partial charge in [-0.3, -0.25) is 0 Å². The molecule has 116 valence electrons. The van der Waals surface area contributed by atoms with E-state index in [1.807, 2.05) is 13.8 Å². The lowest BCUT2D eigenvalue weighted by Crippen LogP contribution is -2.28. The fraction of sp³-hybridized carbons (Fsp3) is 0.312. The van der Waals surface area contributed by atoms with Crippen molar-refractivity contribution in [1.29, 1.82) is 0 Å². The number of methoxy groups -OCH3 is 1. The first-order chi connectivity index (χ1) is 10.4. The molecule has 0 saturated heterocycles. The number of hydrogen-bond donors (Lipinski definition) is 1. The van der Waals surface area contributed by atoms with Crippen LogP contribution in [-0.4, -0.2) is 29.6 Å². The number of rotatable bonds is 5. The molecule has 0 aliphatic heterocycles. The average molecular weight is 303 g/mol. The van der Waals surface area contributed by atoms with E-state index in [9.17, 15) is 9.18 Å². The Morgan fingerprint density at radius 2 is 1.82 bits per heavy atom. The van der Waals surface area contributed by atoms with Gasteiger partial charge in [-0.05, 0) is 17.7 Å². The van der Waals surface area contributed by atoms with Gasteiger partial charge < -0.3 is 10.1 Å². The summed E-state index contributed by atoms with van der Waals surface area (Å²) in [5.74, 6) is -0.310. The quantitative estimate of drug-likeness (QED) is 0.861. The highest BCUT2D eigenvalue weighted by molar-refractivity contribution is 5.88. The third-order valence-electron chi connectivity index (χ3n) is 3.39. The second kappa shape index (κ2) is 6.51. The monoisotopic (exact) mass is 303 g/mol. The number of benzene rings is 1. The van der Waals surface area contributed by atoms with Crippen LogP contribution in [0.2, 0.25) is 0 Å². The summed E-state index contributed by atoms with van der Waals surface area (Å²) in [4.78, 5) is 19.5. The molecule has 1 aromatic carbocycles.